The average Bonchev–Trinajstić information content (AvgIpc) is 3.22. The fraction of sp³-hybridized carbons (Fsp3) is 0.261. The number of morpholine rings is 1. The molecule has 4 rings (SSSR count). The molecular weight excluding hydrogens is 462 g/mol. The van der Waals surface area contributed by atoms with Crippen LogP contribution in [-0.2, 0) is 9.53 Å². The summed E-state index contributed by atoms with van der Waals surface area (Å²) in [5.74, 6) is 2.29. The van der Waals surface area contributed by atoms with Crippen LogP contribution in [0.1, 0.15) is 5.56 Å². The molecule has 0 radical (unpaired) electrons. The molecule has 0 spiro atoms. The monoisotopic (exact) mass is 483 g/mol. The van der Waals surface area contributed by atoms with E-state index in [9.17, 15) is 19.5 Å². The van der Waals surface area contributed by atoms with Crippen LogP contribution < -0.4 is 15.5 Å². The number of terminal acetylenes is 1. The lowest BCUT2D eigenvalue weighted by Gasteiger charge is -2.29. The molecule has 2 fully saturated rings. The van der Waals surface area contributed by atoms with E-state index < -0.39 is 18.2 Å². The van der Waals surface area contributed by atoms with Crippen LogP contribution in [0, 0.1) is 12.3 Å². The summed E-state index contributed by atoms with van der Waals surface area (Å²) in [4.78, 5) is 39.2. The van der Waals surface area contributed by atoms with E-state index in [1.54, 1.807) is 36.4 Å². The number of ether oxygens (including phenoxy) is 1. The third-order valence-corrected chi connectivity index (χ3v) is 5.61. The first kappa shape index (κ1) is 23.4. The zero-order valence-corrected chi connectivity index (χ0v) is 18.8. The maximum Gasteiger partial charge on any atom is 0.340 e. The number of benzene rings is 2. The number of carbonyl (C=O) groups excluding carboxylic acids is 3. The molecule has 2 aromatic rings. The van der Waals surface area contributed by atoms with Gasteiger partial charge in [-0.3, -0.25) is 4.79 Å². The first-order valence-electron chi connectivity index (χ1n) is 10.4. The Morgan fingerprint density at radius 3 is 2.26 bits per heavy atom. The van der Waals surface area contributed by atoms with Gasteiger partial charge in [-0.1, -0.05) is 17.5 Å². The number of aliphatic hydroxyl groups excluding tert-OH is 1. The number of hydrazine groups is 1. The Bertz CT molecular complexity index is 1150. The lowest BCUT2D eigenvalue weighted by molar-refractivity contribution is -0.125. The van der Waals surface area contributed by atoms with Crippen LogP contribution in [0.25, 0.3) is 0 Å². The number of hydrogen-bond donors (Lipinski definition) is 3. The molecule has 176 valence electrons. The molecule has 2 aliphatic rings. The van der Waals surface area contributed by atoms with Crippen LogP contribution in [0.3, 0.4) is 0 Å². The van der Waals surface area contributed by atoms with Gasteiger partial charge in [0.25, 0.3) is 5.91 Å². The predicted octanol–water partition coefficient (Wildman–Crippen LogP) is 2.34. The Kier molecular flexibility index (Phi) is 6.88. The lowest BCUT2D eigenvalue weighted by atomic mass is 10.2. The second-order valence-electron chi connectivity index (χ2n) is 7.66. The average molecular weight is 484 g/mol. The first-order valence-corrected chi connectivity index (χ1v) is 10.8. The Hall–Kier alpha value is -3.78. The standard InChI is InChI=1S/C23H22ClN5O5/c1-2-15-3-5-16(6-4-15)25-22(32)28-12-18(30)13-29(28)23(33)26-17-7-8-20(19(24)11-17)27-9-10-34-14-21(27)31/h1,3-8,11,18,30H,9-10,12-14H2,(H,25,32)(H,26,33)/t18-/m0/s1. The van der Waals surface area contributed by atoms with Gasteiger partial charge in [0.05, 0.1) is 36.5 Å². The molecule has 34 heavy (non-hydrogen) atoms. The van der Waals surface area contributed by atoms with Crippen LogP contribution in [0.4, 0.5) is 26.7 Å². The SMILES string of the molecule is C#Cc1ccc(NC(=O)N2C[C@H](O)CN2C(=O)Nc2ccc(N3CCOCC3=O)c(Cl)c2)cc1. The van der Waals surface area contributed by atoms with Crippen LogP contribution in [0.2, 0.25) is 5.02 Å². The van der Waals surface area contributed by atoms with Gasteiger partial charge in [-0.05, 0) is 42.5 Å². The number of aliphatic hydroxyl groups is 1. The summed E-state index contributed by atoms with van der Waals surface area (Å²) < 4.78 is 5.13. The fourth-order valence-electron chi connectivity index (χ4n) is 3.64. The number of carbonyl (C=O) groups is 3. The Morgan fingerprint density at radius 2 is 1.68 bits per heavy atom. The highest BCUT2D eigenvalue weighted by molar-refractivity contribution is 6.34. The highest BCUT2D eigenvalue weighted by atomic mass is 35.5. The van der Waals surface area contributed by atoms with Gasteiger partial charge in [0, 0.05) is 23.5 Å². The van der Waals surface area contributed by atoms with E-state index in [1.807, 2.05) is 0 Å². The molecule has 0 saturated carbocycles. The molecule has 3 N–H and O–H groups in total. The zero-order valence-electron chi connectivity index (χ0n) is 18.0. The van der Waals surface area contributed by atoms with Gasteiger partial charge in [0.1, 0.15) is 6.61 Å². The Morgan fingerprint density at radius 1 is 1.06 bits per heavy atom. The molecule has 2 aliphatic heterocycles. The third-order valence-electron chi connectivity index (χ3n) is 5.31. The van der Waals surface area contributed by atoms with Crippen molar-refractivity contribution in [1.29, 1.82) is 0 Å². The quantitative estimate of drug-likeness (QED) is 0.580. The molecule has 10 nitrogen and oxygen atoms in total. The number of nitrogens with one attached hydrogen (secondary N) is 2. The minimum atomic E-state index is -0.904. The van der Waals surface area contributed by atoms with Gasteiger partial charge < -0.3 is 25.4 Å². The molecule has 0 aliphatic carbocycles. The lowest BCUT2D eigenvalue weighted by Crippen LogP contribution is -2.48. The van der Waals surface area contributed by atoms with Crippen LogP contribution in [-0.4, -0.2) is 72.0 Å². The van der Waals surface area contributed by atoms with Crippen molar-refractivity contribution in [3.8, 4) is 12.3 Å². The van der Waals surface area contributed by atoms with E-state index in [4.69, 9.17) is 22.8 Å². The summed E-state index contributed by atoms with van der Waals surface area (Å²) in [6, 6.07) is 10.2. The fourth-order valence-corrected chi connectivity index (χ4v) is 3.92. The topological polar surface area (TPSA) is 114 Å². The van der Waals surface area contributed by atoms with Crippen molar-refractivity contribution in [3.05, 3.63) is 53.1 Å². The van der Waals surface area contributed by atoms with Gasteiger partial charge in [0.15, 0.2) is 0 Å². The largest absolute Gasteiger partial charge is 0.389 e. The molecule has 0 aromatic heterocycles. The molecule has 2 heterocycles. The van der Waals surface area contributed by atoms with Crippen LogP contribution in [0.5, 0.6) is 0 Å². The van der Waals surface area contributed by atoms with Crippen LogP contribution in [0.15, 0.2) is 42.5 Å². The molecule has 2 saturated heterocycles. The van der Waals surface area contributed by atoms with Gasteiger partial charge in [-0.25, -0.2) is 19.6 Å². The van der Waals surface area contributed by atoms with E-state index in [0.29, 0.717) is 35.8 Å². The number of anilines is 3. The summed E-state index contributed by atoms with van der Waals surface area (Å²) >= 11 is 6.36. The van der Waals surface area contributed by atoms with E-state index in [1.165, 1.54) is 11.0 Å². The number of rotatable bonds is 3. The minimum absolute atomic E-state index is 0.0158. The van der Waals surface area contributed by atoms with Crippen molar-refractivity contribution in [1.82, 2.24) is 10.0 Å². The van der Waals surface area contributed by atoms with Crippen molar-refractivity contribution in [2.75, 3.05) is 48.4 Å². The van der Waals surface area contributed by atoms with Gasteiger partial charge in [-0.2, -0.15) is 0 Å². The second kappa shape index (κ2) is 10.0. The molecule has 1 atom stereocenters. The maximum absolute atomic E-state index is 12.9. The van der Waals surface area contributed by atoms with Gasteiger partial charge in [-0.15, -0.1) is 6.42 Å². The predicted molar refractivity (Wildman–Crippen MR) is 126 cm³/mol. The van der Waals surface area contributed by atoms with Crippen molar-refractivity contribution in [2.45, 2.75) is 6.10 Å². The Labute approximate surface area is 201 Å². The number of β-amino-alcohol motifs (C(OH)–C–C–N with tert-alkyl or cyclic N) is 1. The molecule has 0 bridgehead atoms. The number of urea groups is 2. The van der Waals surface area contributed by atoms with E-state index >= 15 is 0 Å². The van der Waals surface area contributed by atoms with Crippen molar-refractivity contribution < 1.29 is 24.2 Å². The summed E-state index contributed by atoms with van der Waals surface area (Å²) in [5.41, 5.74) is 2.04. The number of amides is 5. The summed E-state index contributed by atoms with van der Waals surface area (Å²) in [5, 5.41) is 17.9. The number of hydrogen-bond acceptors (Lipinski definition) is 5. The van der Waals surface area contributed by atoms with Crippen molar-refractivity contribution in [3.63, 3.8) is 0 Å². The first-order chi connectivity index (χ1) is 16.4. The number of halogens is 1. The maximum atomic E-state index is 12.9. The Balaban J connectivity index is 1.43. The molecule has 5 amide bonds. The van der Waals surface area contributed by atoms with Crippen molar-refractivity contribution in [2.24, 2.45) is 0 Å². The normalized spacial score (nSPS) is 18.0. The summed E-state index contributed by atoms with van der Waals surface area (Å²) in [6.07, 6.45) is 4.43. The van der Waals surface area contributed by atoms with Crippen molar-refractivity contribution >= 4 is 46.6 Å². The molecule has 2 aromatic carbocycles. The highest BCUT2D eigenvalue weighted by Gasteiger charge is 2.36. The van der Waals surface area contributed by atoms with E-state index in [-0.39, 0.29) is 30.6 Å². The van der Waals surface area contributed by atoms with Gasteiger partial charge in [0.2, 0.25) is 0 Å². The van der Waals surface area contributed by atoms with E-state index in [0.717, 1.165) is 10.0 Å². The van der Waals surface area contributed by atoms with Gasteiger partial charge >= 0.3 is 12.1 Å². The summed E-state index contributed by atoms with van der Waals surface area (Å²) in [7, 11) is 0. The smallest absolute Gasteiger partial charge is 0.340 e. The van der Waals surface area contributed by atoms with Crippen LogP contribution >= 0.6 is 11.6 Å². The molecule has 0 unspecified atom stereocenters. The minimum Gasteiger partial charge on any atom is -0.389 e. The summed E-state index contributed by atoms with van der Waals surface area (Å²) in [6.45, 7) is 0.650. The molecule has 11 heteroatoms. The molecular formula is C23H22ClN5O5. The second-order valence-corrected chi connectivity index (χ2v) is 8.07. The third kappa shape index (κ3) is 5.07. The highest BCUT2D eigenvalue weighted by Crippen LogP contribution is 2.30. The zero-order chi connectivity index (χ0) is 24.2. The van der Waals surface area contributed by atoms with E-state index in [2.05, 4.69) is 16.6 Å². The number of nitrogens with zero attached hydrogens (tertiary/aromatic N) is 3.